The maximum absolute atomic E-state index is 12.0. The largest absolute Gasteiger partial charge is 0.417 e. The molecule has 122 valence electrons. The number of ether oxygens (including phenoxy) is 1. The average molecular weight is 325 g/mol. The third kappa shape index (κ3) is 3.55. The number of hydrogen-bond donors (Lipinski definition) is 2. The minimum atomic E-state index is -0.627. The van der Waals surface area contributed by atoms with E-state index in [1.54, 1.807) is 49.5 Å². The number of hydrogen-bond acceptors (Lipinski definition) is 6. The third-order valence-corrected chi connectivity index (χ3v) is 3.25. The molecule has 3 rings (SSSR count). The number of anilines is 1. The van der Waals surface area contributed by atoms with Gasteiger partial charge in [0.1, 0.15) is 5.75 Å². The van der Waals surface area contributed by atoms with Gasteiger partial charge in [0, 0.05) is 18.3 Å². The summed E-state index contributed by atoms with van der Waals surface area (Å²) in [5.41, 5.74) is 1.76. The second kappa shape index (κ2) is 6.88. The molecule has 0 aliphatic carbocycles. The number of nitrogens with one attached hydrogen (secondary N) is 1. The number of rotatable bonds is 4. The number of para-hydroxylation sites is 1. The lowest BCUT2D eigenvalue weighted by molar-refractivity contribution is 0.215. The minimum Gasteiger partial charge on any atom is -0.410 e. The third-order valence-electron chi connectivity index (χ3n) is 3.25. The van der Waals surface area contributed by atoms with Crippen LogP contribution in [0.4, 0.5) is 10.5 Å². The molecule has 0 atom stereocenters. The molecule has 1 aromatic heterocycles. The average Bonchev–Trinajstić information content (AvgIpc) is 3.01. The summed E-state index contributed by atoms with van der Waals surface area (Å²) in [6, 6.07) is 13.8. The number of nitrogens with zero attached hydrogens (tertiary/aromatic N) is 4. The molecule has 1 heterocycles. The predicted octanol–water partition coefficient (Wildman–Crippen LogP) is 1.98. The predicted molar refractivity (Wildman–Crippen MR) is 86.2 cm³/mol. The van der Waals surface area contributed by atoms with Crippen molar-refractivity contribution < 1.29 is 14.6 Å². The summed E-state index contributed by atoms with van der Waals surface area (Å²) in [6.07, 6.45) is -0.627. The van der Waals surface area contributed by atoms with E-state index in [4.69, 9.17) is 4.74 Å². The molecule has 1 amide bonds. The molecular weight excluding hydrogens is 310 g/mol. The van der Waals surface area contributed by atoms with Crippen LogP contribution in [0.2, 0.25) is 0 Å². The molecule has 3 aromatic rings. The van der Waals surface area contributed by atoms with Crippen molar-refractivity contribution in [2.45, 2.75) is 6.61 Å². The van der Waals surface area contributed by atoms with Crippen LogP contribution in [0.25, 0.3) is 11.4 Å². The van der Waals surface area contributed by atoms with Crippen molar-refractivity contribution in [3.63, 3.8) is 0 Å². The molecule has 2 N–H and O–H groups in total. The van der Waals surface area contributed by atoms with E-state index in [1.165, 1.54) is 4.68 Å². The van der Waals surface area contributed by atoms with E-state index in [0.29, 0.717) is 28.4 Å². The van der Waals surface area contributed by atoms with Crippen molar-refractivity contribution >= 4 is 11.8 Å². The molecule has 0 saturated carbocycles. The Balaban J connectivity index is 1.82. The first-order valence-corrected chi connectivity index (χ1v) is 7.17. The van der Waals surface area contributed by atoms with Gasteiger partial charge in [-0.1, -0.05) is 18.2 Å². The number of aryl methyl sites for hydroxylation is 1. The number of tetrazole rings is 1. The highest BCUT2D eigenvalue weighted by molar-refractivity contribution is 5.87. The summed E-state index contributed by atoms with van der Waals surface area (Å²) in [4.78, 5) is 12.0. The number of benzene rings is 2. The van der Waals surface area contributed by atoms with Crippen LogP contribution in [0.15, 0.2) is 48.5 Å². The molecular formula is C16H15N5O3. The first kappa shape index (κ1) is 15.6. The molecule has 0 fully saturated rings. The number of carbonyl (C=O) groups excluding carboxylic acids is 1. The lowest BCUT2D eigenvalue weighted by atomic mass is 10.1. The van der Waals surface area contributed by atoms with Gasteiger partial charge in [-0.2, -0.15) is 0 Å². The zero-order chi connectivity index (χ0) is 16.9. The number of aliphatic hydroxyl groups excluding tert-OH is 1. The summed E-state index contributed by atoms with van der Waals surface area (Å²) in [5.74, 6) is 0.954. The van der Waals surface area contributed by atoms with E-state index in [2.05, 4.69) is 20.8 Å². The number of aromatic nitrogens is 4. The fraction of sp³-hybridized carbons (Fsp3) is 0.125. The molecule has 0 radical (unpaired) electrons. The smallest absolute Gasteiger partial charge is 0.410 e. The number of amides is 1. The zero-order valence-corrected chi connectivity index (χ0v) is 12.9. The summed E-state index contributed by atoms with van der Waals surface area (Å²) in [5, 5.41) is 23.3. The Morgan fingerprint density at radius 3 is 2.71 bits per heavy atom. The van der Waals surface area contributed by atoms with Crippen LogP contribution in [0, 0.1) is 0 Å². The Morgan fingerprint density at radius 2 is 2.04 bits per heavy atom. The van der Waals surface area contributed by atoms with Crippen molar-refractivity contribution in [2.24, 2.45) is 7.05 Å². The first-order valence-electron chi connectivity index (χ1n) is 7.17. The van der Waals surface area contributed by atoms with Gasteiger partial charge in [0.05, 0.1) is 6.61 Å². The van der Waals surface area contributed by atoms with Gasteiger partial charge in [-0.15, -0.1) is 5.10 Å². The van der Waals surface area contributed by atoms with Crippen molar-refractivity contribution in [2.75, 3.05) is 5.32 Å². The van der Waals surface area contributed by atoms with Crippen molar-refractivity contribution in [1.29, 1.82) is 0 Å². The van der Waals surface area contributed by atoms with E-state index in [9.17, 15) is 9.90 Å². The monoisotopic (exact) mass is 325 g/mol. The van der Waals surface area contributed by atoms with Crippen molar-refractivity contribution in [3.05, 3.63) is 54.1 Å². The highest BCUT2D eigenvalue weighted by Crippen LogP contribution is 2.23. The Hall–Kier alpha value is -3.26. The maximum atomic E-state index is 12.0. The summed E-state index contributed by atoms with van der Waals surface area (Å²) in [6.45, 7) is -0.179. The molecule has 8 nitrogen and oxygen atoms in total. The standard InChI is InChI=1S/C16H15N5O3/c1-21-15(18-19-20-21)12-7-11(10-22)8-13(9-12)17-16(23)24-14-5-3-2-4-6-14/h2-9,22H,10H2,1H3,(H,17,23). The maximum Gasteiger partial charge on any atom is 0.417 e. The fourth-order valence-electron chi connectivity index (χ4n) is 2.20. The van der Waals surface area contributed by atoms with E-state index >= 15 is 0 Å². The normalized spacial score (nSPS) is 10.4. The van der Waals surface area contributed by atoms with Crippen LogP contribution in [-0.4, -0.2) is 31.4 Å². The van der Waals surface area contributed by atoms with E-state index in [0.717, 1.165) is 0 Å². The highest BCUT2D eigenvalue weighted by Gasteiger charge is 2.11. The van der Waals surface area contributed by atoms with Gasteiger partial charge in [0.2, 0.25) is 0 Å². The van der Waals surface area contributed by atoms with Crippen LogP contribution in [0.1, 0.15) is 5.56 Å². The Morgan fingerprint density at radius 1 is 1.25 bits per heavy atom. The second-order valence-electron chi connectivity index (χ2n) is 5.03. The zero-order valence-electron chi connectivity index (χ0n) is 12.9. The van der Waals surface area contributed by atoms with Gasteiger partial charge in [-0.3, -0.25) is 5.32 Å². The molecule has 0 saturated heterocycles. The quantitative estimate of drug-likeness (QED) is 0.760. The number of carbonyl (C=O) groups is 1. The van der Waals surface area contributed by atoms with Crippen LogP contribution in [0.3, 0.4) is 0 Å². The highest BCUT2D eigenvalue weighted by atomic mass is 16.6. The lowest BCUT2D eigenvalue weighted by Crippen LogP contribution is -2.17. The molecule has 8 heteroatoms. The Bertz CT molecular complexity index is 848. The van der Waals surface area contributed by atoms with Crippen LogP contribution in [0.5, 0.6) is 5.75 Å². The van der Waals surface area contributed by atoms with Crippen molar-refractivity contribution in [1.82, 2.24) is 20.2 Å². The summed E-state index contributed by atoms with van der Waals surface area (Å²) >= 11 is 0. The number of aliphatic hydroxyl groups is 1. The Kier molecular flexibility index (Phi) is 4.48. The fourth-order valence-corrected chi connectivity index (χ4v) is 2.20. The van der Waals surface area contributed by atoms with Crippen LogP contribution < -0.4 is 10.1 Å². The van der Waals surface area contributed by atoms with Gasteiger partial charge in [-0.05, 0) is 46.3 Å². The minimum absolute atomic E-state index is 0.179. The van der Waals surface area contributed by atoms with Gasteiger partial charge in [-0.25, -0.2) is 9.48 Å². The second-order valence-corrected chi connectivity index (χ2v) is 5.03. The summed E-state index contributed by atoms with van der Waals surface area (Å²) < 4.78 is 6.69. The lowest BCUT2D eigenvalue weighted by Gasteiger charge is -2.10. The summed E-state index contributed by atoms with van der Waals surface area (Å²) in [7, 11) is 1.71. The SMILES string of the molecule is Cn1nnnc1-c1cc(CO)cc(NC(=O)Oc2ccccc2)c1. The van der Waals surface area contributed by atoms with Gasteiger partial charge in [0.15, 0.2) is 5.82 Å². The molecule has 0 aliphatic heterocycles. The van der Waals surface area contributed by atoms with Crippen LogP contribution in [-0.2, 0) is 13.7 Å². The van der Waals surface area contributed by atoms with E-state index in [-0.39, 0.29) is 6.61 Å². The van der Waals surface area contributed by atoms with Gasteiger partial charge >= 0.3 is 6.09 Å². The topological polar surface area (TPSA) is 102 Å². The van der Waals surface area contributed by atoms with Crippen LogP contribution >= 0.6 is 0 Å². The van der Waals surface area contributed by atoms with E-state index in [1.807, 2.05) is 6.07 Å². The van der Waals surface area contributed by atoms with Gasteiger partial charge < -0.3 is 9.84 Å². The molecule has 0 aliphatic rings. The van der Waals surface area contributed by atoms with Crippen molar-refractivity contribution in [3.8, 4) is 17.1 Å². The molecule has 0 bridgehead atoms. The molecule has 2 aromatic carbocycles. The molecule has 0 spiro atoms. The molecule has 0 unspecified atom stereocenters. The van der Waals surface area contributed by atoms with E-state index < -0.39 is 6.09 Å². The first-order chi connectivity index (χ1) is 11.7. The van der Waals surface area contributed by atoms with Gasteiger partial charge in [0.25, 0.3) is 0 Å². The molecule has 24 heavy (non-hydrogen) atoms. The Labute approximate surface area is 137 Å².